The third-order valence-corrected chi connectivity index (χ3v) is 13.8. The highest BCUT2D eigenvalue weighted by atomic mass is 32.2. The molecule has 42 heavy (non-hydrogen) atoms. The fourth-order valence-corrected chi connectivity index (χ4v) is 11.1. The van der Waals surface area contributed by atoms with E-state index >= 15 is 0 Å². The van der Waals surface area contributed by atoms with Crippen LogP contribution < -0.4 is 19.8 Å². The van der Waals surface area contributed by atoms with E-state index in [-0.39, 0.29) is 28.0 Å². The Balaban J connectivity index is 1.88. The zero-order chi connectivity index (χ0) is 30.5. The summed E-state index contributed by atoms with van der Waals surface area (Å²) in [5, 5.41) is 13.5. The van der Waals surface area contributed by atoms with Crippen molar-refractivity contribution in [2.24, 2.45) is 0 Å². The maximum atomic E-state index is 13.7. The number of nitro benzene ring substituents is 1. The van der Waals surface area contributed by atoms with Crippen molar-refractivity contribution in [1.82, 2.24) is 4.72 Å². The Morgan fingerprint density at radius 1 is 0.857 bits per heavy atom. The van der Waals surface area contributed by atoms with E-state index in [0.29, 0.717) is 5.56 Å². The molecular formula is C32H36N2O6SSi. The van der Waals surface area contributed by atoms with E-state index in [9.17, 15) is 18.5 Å². The van der Waals surface area contributed by atoms with Gasteiger partial charge in [-0.2, -0.15) is 0 Å². The molecule has 4 aromatic carbocycles. The van der Waals surface area contributed by atoms with Crippen molar-refractivity contribution in [2.45, 2.75) is 43.7 Å². The minimum absolute atomic E-state index is 0.0230. The molecule has 0 bridgehead atoms. The normalized spacial score (nSPS) is 13.0. The largest absolute Gasteiger partial charge is 0.490 e. The van der Waals surface area contributed by atoms with Crippen LogP contribution in [-0.4, -0.2) is 35.4 Å². The van der Waals surface area contributed by atoms with Crippen molar-refractivity contribution in [1.29, 1.82) is 0 Å². The first-order valence-corrected chi connectivity index (χ1v) is 16.9. The highest BCUT2D eigenvalue weighted by Crippen LogP contribution is 2.39. The maximum Gasteiger partial charge on any atom is 0.311 e. The Kier molecular flexibility index (Phi) is 9.32. The molecule has 10 heteroatoms. The van der Waals surface area contributed by atoms with Gasteiger partial charge in [-0.25, -0.2) is 13.1 Å². The summed E-state index contributed by atoms with van der Waals surface area (Å²) in [4.78, 5) is 11.4. The standard InChI is InChI=1S/C32H36N2O6SSi/c1-24-19-21-25(22-20-24)41(37,38)33-29(28-17-12-18-30(34(35)36)31(28)39-5)23-40-42(32(2,3)4,26-13-8-6-9-14-26)27-15-10-7-11-16-27/h6-22,29,33H,23H2,1-5H3/t29-/m0/s1. The quantitative estimate of drug-likeness (QED) is 0.137. The number of aryl methyl sites for hydroxylation is 1. The fourth-order valence-electron chi connectivity index (χ4n) is 5.31. The van der Waals surface area contributed by atoms with Gasteiger partial charge in [0.2, 0.25) is 15.8 Å². The van der Waals surface area contributed by atoms with Gasteiger partial charge in [0, 0.05) is 11.6 Å². The Bertz CT molecular complexity index is 1580. The van der Waals surface area contributed by atoms with E-state index in [1.807, 2.05) is 67.6 Å². The Morgan fingerprint density at radius 2 is 1.40 bits per heavy atom. The number of para-hydroxylation sites is 1. The van der Waals surface area contributed by atoms with Crippen molar-refractivity contribution in [3.05, 3.63) is 124 Å². The van der Waals surface area contributed by atoms with Gasteiger partial charge >= 0.3 is 5.69 Å². The summed E-state index contributed by atoms with van der Waals surface area (Å²) in [7, 11) is -5.80. The van der Waals surface area contributed by atoms with Crippen LogP contribution >= 0.6 is 0 Å². The number of rotatable bonds is 11. The number of methoxy groups -OCH3 is 1. The summed E-state index contributed by atoms with van der Waals surface area (Å²) >= 11 is 0. The first kappa shape index (κ1) is 31.1. The van der Waals surface area contributed by atoms with Gasteiger partial charge < -0.3 is 9.16 Å². The second-order valence-corrected chi connectivity index (χ2v) is 17.1. The van der Waals surface area contributed by atoms with E-state index < -0.39 is 29.3 Å². The summed E-state index contributed by atoms with van der Waals surface area (Å²) in [6.45, 7) is 8.14. The molecular weight excluding hydrogens is 569 g/mol. The zero-order valence-corrected chi connectivity index (χ0v) is 26.2. The second kappa shape index (κ2) is 12.6. The third kappa shape index (κ3) is 6.31. The van der Waals surface area contributed by atoms with Crippen LogP contribution in [0.15, 0.2) is 108 Å². The third-order valence-electron chi connectivity index (χ3n) is 7.31. The number of hydrogen-bond acceptors (Lipinski definition) is 6. The van der Waals surface area contributed by atoms with Gasteiger partial charge in [0.15, 0.2) is 0 Å². The summed E-state index contributed by atoms with van der Waals surface area (Å²) < 4.78 is 42.7. The van der Waals surface area contributed by atoms with Crippen molar-refractivity contribution in [2.75, 3.05) is 13.7 Å². The minimum atomic E-state index is -4.05. The number of nitrogens with zero attached hydrogens (tertiary/aromatic N) is 1. The van der Waals surface area contributed by atoms with E-state index in [2.05, 4.69) is 25.5 Å². The van der Waals surface area contributed by atoms with Crippen LogP contribution in [0.4, 0.5) is 5.69 Å². The average Bonchev–Trinajstić information content (AvgIpc) is 2.97. The smallest absolute Gasteiger partial charge is 0.311 e. The average molecular weight is 605 g/mol. The van der Waals surface area contributed by atoms with Gasteiger partial charge in [0.25, 0.3) is 8.32 Å². The molecule has 0 aliphatic rings. The summed E-state index contributed by atoms with van der Waals surface area (Å²) in [5.41, 5.74) is 0.959. The lowest BCUT2D eigenvalue weighted by Crippen LogP contribution is -2.67. The van der Waals surface area contributed by atoms with Gasteiger partial charge in [-0.1, -0.05) is 111 Å². The molecule has 8 nitrogen and oxygen atoms in total. The van der Waals surface area contributed by atoms with Crippen molar-refractivity contribution in [3.63, 3.8) is 0 Å². The van der Waals surface area contributed by atoms with Gasteiger partial charge in [0.1, 0.15) is 0 Å². The molecule has 0 heterocycles. The Hall–Kier alpha value is -3.83. The van der Waals surface area contributed by atoms with E-state index in [4.69, 9.17) is 9.16 Å². The topological polar surface area (TPSA) is 108 Å². The van der Waals surface area contributed by atoms with Gasteiger partial charge in [-0.05, 0) is 34.5 Å². The molecule has 4 aromatic rings. The molecule has 0 aliphatic carbocycles. The lowest BCUT2D eigenvalue weighted by molar-refractivity contribution is -0.385. The summed E-state index contributed by atoms with van der Waals surface area (Å²) in [5.74, 6) is -0.0230. The zero-order valence-electron chi connectivity index (χ0n) is 24.4. The molecule has 220 valence electrons. The number of benzene rings is 4. The molecule has 0 aromatic heterocycles. The maximum absolute atomic E-state index is 13.7. The van der Waals surface area contributed by atoms with E-state index in [0.717, 1.165) is 15.9 Å². The second-order valence-electron chi connectivity index (χ2n) is 11.1. The molecule has 0 saturated heterocycles. The predicted octanol–water partition coefficient (Wildman–Crippen LogP) is 5.51. The highest BCUT2D eigenvalue weighted by Gasteiger charge is 2.50. The molecule has 0 unspecified atom stereocenters. The monoisotopic (exact) mass is 604 g/mol. The van der Waals surface area contributed by atoms with Crippen LogP contribution in [0.1, 0.15) is 37.9 Å². The van der Waals surface area contributed by atoms with Gasteiger partial charge in [-0.3, -0.25) is 10.1 Å². The molecule has 0 spiro atoms. The molecule has 0 saturated carbocycles. The summed E-state index contributed by atoms with van der Waals surface area (Å²) in [6, 6.07) is 29.9. The first-order valence-electron chi connectivity index (χ1n) is 13.6. The van der Waals surface area contributed by atoms with Crippen molar-refractivity contribution in [3.8, 4) is 5.75 Å². The van der Waals surface area contributed by atoms with Gasteiger partial charge in [0.05, 0.1) is 29.6 Å². The molecule has 0 radical (unpaired) electrons. The molecule has 4 rings (SSSR count). The highest BCUT2D eigenvalue weighted by molar-refractivity contribution is 7.89. The van der Waals surface area contributed by atoms with Crippen LogP contribution in [0, 0.1) is 17.0 Å². The molecule has 0 aliphatic heterocycles. The Labute approximate surface area is 248 Å². The molecule has 0 amide bonds. The number of hydrogen-bond donors (Lipinski definition) is 1. The first-order chi connectivity index (χ1) is 19.9. The number of nitrogens with one attached hydrogen (secondary N) is 1. The molecule has 0 fully saturated rings. The van der Waals surface area contributed by atoms with Gasteiger partial charge in [-0.15, -0.1) is 0 Å². The van der Waals surface area contributed by atoms with Crippen molar-refractivity contribution >= 4 is 34.4 Å². The fraction of sp³-hybridized carbons (Fsp3) is 0.250. The predicted molar refractivity (Wildman–Crippen MR) is 167 cm³/mol. The number of ether oxygens (including phenoxy) is 1. The van der Waals surface area contributed by atoms with E-state index in [1.54, 1.807) is 18.2 Å². The number of sulfonamides is 1. The summed E-state index contributed by atoms with van der Waals surface area (Å²) in [6.07, 6.45) is 0. The van der Waals surface area contributed by atoms with Crippen LogP contribution in [0.2, 0.25) is 5.04 Å². The van der Waals surface area contributed by atoms with Crippen molar-refractivity contribution < 1.29 is 22.5 Å². The molecule has 1 atom stereocenters. The molecule has 1 N–H and O–H groups in total. The number of nitro groups is 1. The van der Waals surface area contributed by atoms with Crippen LogP contribution in [0.3, 0.4) is 0 Å². The lowest BCUT2D eigenvalue weighted by Gasteiger charge is -2.43. The van der Waals surface area contributed by atoms with E-state index in [1.165, 1.54) is 31.4 Å². The SMILES string of the molecule is COc1c([C@H](CO[Si](c2ccccc2)(c2ccccc2)C(C)(C)C)NS(=O)(=O)c2ccc(C)cc2)cccc1[N+](=O)[O-]. The van der Waals surface area contributed by atoms with Crippen LogP contribution in [0.5, 0.6) is 5.75 Å². The minimum Gasteiger partial charge on any atom is -0.490 e. The van der Waals surface area contributed by atoms with Crippen LogP contribution in [-0.2, 0) is 14.4 Å². The lowest BCUT2D eigenvalue weighted by atomic mass is 10.1. The van der Waals surface area contributed by atoms with Crippen LogP contribution in [0.25, 0.3) is 0 Å². The Morgan fingerprint density at radius 3 is 1.88 bits per heavy atom.